The van der Waals surface area contributed by atoms with Gasteiger partial charge in [0.25, 0.3) is 0 Å². The molecular weight excluding hydrogens is 321 g/mol. The van der Waals surface area contributed by atoms with Gasteiger partial charge in [0.05, 0.1) is 0 Å². The van der Waals surface area contributed by atoms with Crippen molar-refractivity contribution < 1.29 is 9.53 Å². The average Bonchev–Trinajstić information content (AvgIpc) is 2.52. The van der Waals surface area contributed by atoms with Crippen LogP contribution in [0.25, 0.3) is 6.08 Å². The molecule has 0 aliphatic rings. The maximum Gasteiger partial charge on any atom is 0.185 e. The van der Waals surface area contributed by atoms with E-state index in [4.69, 9.17) is 33.2 Å². The van der Waals surface area contributed by atoms with E-state index in [2.05, 4.69) is 0 Å². The number of carbonyl (C=O) groups is 1. The number of nitriles is 1. The molecule has 0 saturated heterocycles. The number of carbonyl (C=O) groups excluding carboxylic acids is 1. The summed E-state index contributed by atoms with van der Waals surface area (Å²) in [6.07, 6.45) is 3.01. The van der Waals surface area contributed by atoms with Crippen molar-refractivity contribution >= 4 is 35.1 Å². The van der Waals surface area contributed by atoms with Crippen molar-refractivity contribution in [1.29, 1.82) is 5.26 Å². The Morgan fingerprint density at radius 2 is 1.77 bits per heavy atom. The largest absolute Gasteiger partial charge is 0.479 e. The molecule has 0 fully saturated rings. The standard InChI is InChI=1S/C17H11Cl2NO2/c18-15-2-1-3-16(19)14(15)8-9-17(21)12-4-6-13(7-5-12)22-11-10-20/h1-9H,11H2/b9-8+. The van der Waals surface area contributed by atoms with Gasteiger partial charge in [0, 0.05) is 21.2 Å². The van der Waals surface area contributed by atoms with Gasteiger partial charge in [-0.2, -0.15) is 5.26 Å². The summed E-state index contributed by atoms with van der Waals surface area (Å²) in [7, 11) is 0. The van der Waals surface area contributed by atoms with E-state index in [0.29, 0.717) is 26.9 Å². The van der Waals surface area contributed by atoms with Gasteiger partial charge >= 0.3 is 0 Å². The fraction of sp³-hybridized carbons (Fsp3) is 0.0588. The molecule has 0 saturated carbocycles. The zero-order valence-corrected chi connectivity index (χ0v) is 12.9. The second-order valence-electron chi connectivity index (χ2n) is 4.30. The van der Waals surface area contributed by atoms with Crippen LogP contribution in [0.15, 0.2) is 48.5 Å². The zero-order chi connectivity index (χ0) is 15.9. The first-order valence-electron chi connectivity index (χ1n) is 6.38. The number of hydrogen-bond acceptors (Lipinski definition) is 3. The predicted octanol–water partition coefficient (Wildman–Crippen LogP) is 4.79. The Kier molecular flexibility index (Phi) is 5.60. The summed E-state index contributed by atoms with van der Waals surface area (Å²) in [6.45, 7) is -0.0296. The highest BCUT2D eigenvalue weighted by molar-refractivity contribution is 6.37. The number of halogens is 2. The molecule has 0 aliphatic heterocycles. The number of allylic oxidation sites excluding steroid dienone is 1. The molecule has 0 radical (unpaired) electrons. The molecule has 0 amide bonds. The molecule has 2 aromatic carbocycles. The predicted molar refractivity (Wildman–Crippen MR) is 87.4 cm³/mol. The highest BCUT2D eigenvalue weighted by atomic mass is 35.5. The number of nitrogens with zero attached hydrogens (tertiary/aromatic N) is 1. The van der Waals surface area contributed by atoms with E-state index in [9.17, 15) is 4.79 Å². The van der Waals surface area contributed by atoms with Gasteiger partial charge in [-0.05, 0) is 48.6 Å². The maximum absolute atomic E-state index is 12.1. The van der Waals surface area contributed by atoms with Crippen LogP contribution in [0.5, 0.6) is 5.75 Å². The van der Waals surface area contributed by atoms with Gasteiger partial charge < -0.3 is 4.74 Å². The maximum atomic E-state index is 12.1. The molecule has 22 heavy (non-hydrogen) atoms. The summed E-state index contributed by atoms with van der Waals surface area (Å²) in [4.78, 5) is 12.1. The van der Waals surface area contributed by atoms with E-state index in [1.54, 1.807) is 48.5 Å². The highest BCUT2D eigenvalue weighted by Crippen LogP contribution is 2.25. The van der Waals surface area contributed by atoms with Gasteiger partial charge in [-0.3, -0.25) is 4.79 Å². The summed E-state index contributed by atoms with van der Waals surface area (Å²) in [5.74, 6) is 0.360. The van der Waals surface area contributed by atoms with E-state index in [0.717, 1.165) is 0 Å². The van der Waals surface area contributed by atoms with Crippen LogP contribution in [0.2, 0.25) is 10.0 Å². The molecule has 0 spiro atoms. The van der Waals surface area contributed by atoms with E-state index in [-0.39, 0.29) is 12.4 Å². The minimum absolute atomic E-state index is 0.0296. The third kappa shape index (κ3) is 4.11. The lowest BCUT2D eigenvalue weighted by molar-refractivity contribution is 0.104. The summed E-state index contributed by atoms with van der Waals surface area (Å²) in [5.41, 5.74) is 1.11. The molecule has 2 aromatic rings. The Hall–Kier alpha value is -2.28. The van der Waals surface area contributed by atoms with Gasteiger partial charge in [-0.1, -0.05) is 29.3 Å². The third-order valence-corrected chi connectivity index (χ3v) is 3.50. The number of ketones is 1. The minimum atomic E-state index is -0.178. The van der Waals surface area contributed by atoms with Crippen molar-refractivity contribution in [3.8, 4) is 11.8 Å². The lowest BCUT2D eigenvalue weighted by Crippen LogP contribution is -1.96. The van der Waals surface area contributed by atoms with Crippen molar-refractivity contribution in [2.24, 2.45) is 0 Å². The number of rotatable bonds is 5. The van der Waals surface area contributed by atoms with Crippen LogP contribution >= 0.6 is 23.2 Å². The van der Waals surface area contributed by atoms with Gasteiger partial charge in [-0.15, -0.1) is 0 Å². The second-order valence-corrected chi connectivity index (χ2v) is 5.12. The first-order chi connectivity index (χ1) is 10.6. The molecule has 0 heterocycles. The van der Waals surface area contributed by atoms with Crippen LogP contribution in [0.1, 0.15) is 15.9 Å². The Balaban J connectivity index is 2.12. The summed E-state index contributed by atoms with van der Waals surface area (Å²) in [5, 5.41) is 9.40. The lowest BCUT2D eigenvalue weighted by atomic mass is 10.1. The number of hydrogen-bond donors (Lipinski definition) is 0. The zero-order valence-electron chi connectivity index (χ0n) is 11.4. The van der Waals surface area contributed by atoms with Crippen LogP contribution in [0.3, 0.4) is 0 Å². The van der Waals surface area contributed by atoms with Crippen LogP contribution in [-0.2, 0) is 0 Å². The fourth-order valence-corrected chi connectivity index (χ4v) is 2.28. The monoisotopic (exact) mass is 331 g/mol. The molecular formula is C17H11Cl2NO2. The number of benzene rings is 2. The van der Waals surface area contributed by atoms with E-state index in [1.807, 2.05) is 6.07 Å². The molecule has 0 bridgehead atoms. The summed E-state index contributed by atoms with van der Waals surface area (Å²) >= 11 is 12.1. The van der Waals surface area contributed by atoms with Crippen LogP contribution in [-0.4, -0.2) is 12.4 Å². The topological polar surface area (TPSA) is 50.1 Å². The molecule has 0 N–H and O–H groups in total. The van der Waals surface area contributed by atoms with Crippen molar-refractivity contribution in [1.82, 2.24) is 0 Å². The Labute approximate surface area is 138 Å². The second kappa shape index (κ2) is 7.65. The van der Waals surface area contributed by atoms with Crippen molar-refractivity contribution in [2.75, 3.05) is 6.61 Å². The smallest absolute Gasteiger partial charge is 0.185 e. The SMILES string of the molecule is N#CCOc1ccc(C(=O)/C=C/c2c(Cl)cccc2Cl)cc1. The fourth-order valence-electron chi connectivity index (χ4n) is 1.76. The first-order valence-corrected chi connectivity index (χ1v) is 7.13. The van der Waals surface area contributed by atoms with Crippen LogP contribution < -0.4 is 4.74 Å². The molecule has 3 nitrogen and oxygen atoms in total. The van der Waals surface area contributed by atoms with Crippen LogP contribution in [0, 0.1) is 11.3 Å². The average molecular weight is 332 g/mol. The van der Waals surface area contributed by atoms with Crippen molar-refractivity contribution in [2.45, 2.75) is 0 Å². The first kappa shape index (κ1) is 16.1. The molecule has 0 unspecified atom stereocenters. The van der Waals surface area contributed by atoms with Gasteiger partial charge in [0.1, 0.15) is 11.8 Å². The Bertz CT molecular complexity index is 726. The lowest BCUT2D eigenvalue weighted by Gasteiger charge is -2.02. The van der Waals surface area contributed by atoms with Crippen molar-refractivity contribution in [3.63, 3.8) is 0 Å². The Morgan fingerprint density at radius 3 is 2.36 bits per heavy atom. The summed E-state index contributed by atoms with van der Waals surface area (Å²) in [6, 6.07) is 13.6. The third-order valence-electron chi connectivity index (χ3n) is 2.84. The van der Waals surface area contributed by atoms with Gasteiger partial charge in [0.2, 0.25) is 0 Å². The van der Waals surface area contributed by atoms with Crippen molar-refractivity contribution in [3.05, 3.63) is 69.7 Å². The molecule has 110 valence electrons. The van der Waals surface area contributed by atoms with E-state index in [1.165, 1.54) is 6.08 Å². The van der Waals surface area contributed by atoms with Gasteiger partial charge in [-0.25, -0.2) is 0 Å². The molecule has 0 aliphatic carbocycles. The molecule has 5 heteroatoms. The molecule has 0 atom stereocenters. The Morgan fingerprint density at radius 1 is 1.14 bits per heavy atom. The minimum Gasteiger partial charge on any atom is -0.479 e. The van der Waals surface area contributed by atoms with Gasteiger partial charge in [0.15, 0.2) is 12.4 Å². The highest BCUT2D eigenvalue weighted by Gasteiger charge is 2.05. The molecule has 2 rings (SSSR count). The van der Waals surface area contributed by atoms with E-state index < -0.39 is 0 Å². The number of ether oxygens (including phenoxy) is 1. The normalized spacial score (nSPS) is 10.4. The van der Waals surface area contributed by atoms with Crippen LogP contribution in [0.4, 0.5) is 0 Å². The molecule has 0 aromatic heterocycles. The quantitative estimate of drug-likeness (QED) is 0.584. The van der Waals surface area contributed by atoms with E-state index >= 15 is 0 Å². The summed E-state index contributed by atoms with van der Waals surface area (Å²) < 4.78 is 5.13.